The predicted molar refractivity (Wildman–Crippen MR) is 61.9 cm³/mol. The Kier molecular flexibility index (Phi) is 3.72. The van der Waals surface area contributed by atoms with Crippen molar-refractivity contribution < 1.29 is 10.2 Å². The maximum atomic E-state index is 10.0. The third kappa shape index (κ3) is 2.61. The van der Waals surface area contributed by atoms with Gasteiger partial charge >= 0.3 is 0 Å². The van der Waals surface area contributed by atoms with Crippen LogP contribution in [0.15, 0.2) is 6.20 Å². The van der Waals surface area contributed by atoms with E-state index in [1.165, 1.54) is 0 Å². The van der Waals surface area contributed by atoms with Gasteiger partial charge in [0.25, 0.3) is 0 Å². The van der Waals surface area contributed by atoms with Crippen LogP contribution in [0, 0.1) is 0 Å². The molecule has 1 aromatic rings. The summed E-state index contributed by atoms with van der Waals surface area (Å²) in [6, 6.07) is -0.676. The molecule has 0 radical (unpaired) electrons. The number of aromatic nitrogens is 2. The second kappa shape index (κ2) is 4.53. The van der Waals surface area contributed by atoms with Gasteiger partial charge in [0.1, 0.15) is 0 Å². The zero-order chi connectivity index (χ0) is 12.5. The highest BCUT2D eigenvalue weighted by atomic mass is 16.3. The summed E-state index contributed by atoms with van der Waals surface area (Å²) in [7, 11) is 1.80. The van der Waals surface area contributed by atoms with Crippen molar-refractivity contribution in [2.75, 3.05) is 6.61 Å². The molecule has 0 spiro atoms. The number of hydrogen-bond donors (Lipinski definition) is 3. The normalized spacial score (nSPS) is 16.2. The van der Waals surface area contributed by atoms with Gasteiger partial charge in [-0.1, -0.05) is 20.8 Å². The van der Waals surface area contributed by atoms with Crippen LogP contribution >= 0.6 is 0 Å². The summed E-state index contributed by atoms with van der Waals surface area (Å²) in [5, 5.41) is 23.3. The molecule has 0 fully saturated rings. The monoisotopic (exact) mass is 227 g/mol. The molecule has 5 nitrogen and oxygen atoms in total. The molecule has 0 aliphatic rings. The summed E-state index contributed by atoms with van der Waals surface area (Å²) < 4.78 is 1.66. The van der Waals surface area contributed by atoms with E-state index < -0.39 is 12.1 Å². The SMILES string of the molecule is Cn1cc(C(O)C(N)CO)c(C(C)(C)C)n1. The Morgan fingerprint density at radius 3 is 2.50 bits per heavy atom. The Labute approximate surface area is 95.9 Å². The maximum Gasteiger partial charge on any atom is 0.0996 e. The van der Waals surface area contributed by atoms with Gasteiger partial charge in [-0.3, -0.25) is 4.68 Å². The first-order valence-electron chi connectivity index (χ1n) is 5.36. The van der Waals surface area contributed by atoms with E-state index in [9.17, 15) is 5.11 Å². The quantitative estimate of drug-likeness (QED) is 0.682. The minimum Gasteiger partial charge on any atom is -0.395 e. The van der Waals surface area contributed by atoms with Gasteiger partial charge < -0.3 is 15.9 Å². The van der Waals surface area contributed by atoms with Crippen LogP contribution in [0.4, 0.5) is 0 Å². The smallest absolute Gasteiger partial charge is 0.0996 e. The molecule has 0 aliphatic heterocycles. The van der Waals surface area contributed by atoms with Crippen LogP contribution in [-0.4, -0.2) is 32.6 Å². The average molecular weight is 227 g/mol. The molecule has 4 N–H and O–H groups in total. The Hall–Kier alpha value is -0.910. The molecule has 0 saturated heterocycles. The maximum absolute atomic E-state index is 10.0. The molecule has 1 aromatic heterocycles. The molecular formula is C11H21N3O2. The van der Waals surface area contributed by atoms with Crippen molar-refractivity contribution in [1.29, 1.82) is 0 Å². The molecule has 0 amide bonds. The summed E-state index contributed by atoms with van der Waals surface area (Å²) in [5.41, 5.74) is 6.98. The Morgan fingerprint density at radius 2 is 2.06 bits per heavy atom. The van der Waals surface area contributed by atoms with E-state index in [1.54, 1.807) is 17.9 Å². The van der Waals surface area contributed by atoms with E-state index in [0.29, 0.717) is 5.56 Å². The van der Waals surface area contributed by atoms with Gasteiger partial charge in [0.15, 0.2) is 0 Å². The van der Waals surface area contributed by atoms with Crippen LogP contribution in [0.1, 0.15) is 38.1 Å². The number of aliphatic hydroxyl groups excluding tert-OH is 2. The standard InChI is InChI=1S/C11H21N3O2/c1-11(2,3)10-7(5-14(4)13-10)9(16)8(12)6-15/h5,8-9,15-16H,6,12H2,1-4H3. The lowest BCUT2D eigenvalue weighted by molar-refractivity contribution is 0.108. The van der Waals surface area contributed by atoms with Crippen molar-refractivity contribution in [3.8, 4) is 0 Å². The highest BCUT2D eigenvalue weighted by molar-refractivity contribution is 5.27. The van der Waals surface area contributed by atoms with E-state index >= 15 is 0 Å². The van der Waals surface area contributed by atoms with Gasteiger partial charge in [0.05, 0.1) is 24.4 Å². The van der Waals surface area contributed by atoms with Crippen LogP contribution < -0.4 is 5.73 Å². The minimum atomic E-state index is -0.882. The third-order valence-corrected chi connectivity index (χ3v) is 2.50. The van der Waals surface area contributed by atoms with E-state index in [4.69, 9.17) is 10.8 Å². The molecule has 0 saturated carbocycles. The van der Waals surface area contributed by atoms with E-state index in [-0.39, 0.29) is 12.0 Å². The highest BCUT2D eigenvalue weighted by Gasteiger charge is 2.28. The average Bonchev–Trinajstić information content (AvgIpc) is 2.57. The molecular weight excluding hydrogens is 206 g/mol. The minimum absolute atomic E-state index is 0.160. The number of hydrogen-bond acceptors (Lipinski definition) is 4. The van der Waals surface area contributed by atoms with Crippen LogP contribution in [0.25, 0.3) is 0 Å². The fraction of sp³-hybridized carbons (Fsp3) is 0.727. The first-order valence-corrected chi connectivity index (χ1v) is 5.36. The van der Waals surface area contributed by atoms with E-state index in [2.05, 4.69) is 5.10 Å². The van der Waals surface area contributed by atoms with Crippen molar-refractivity contribution in [2.45, 2.75) is 38.3 Å². The topological polar surface area (TPSA) is 84.3 Å². The van der Waals surface area contributed by atoms with Crippen LogP contribution in [0.3, 0.4) is 0 Å². The van der Waals surface area contributed by atoms with Crippen molar-refractivity contribution >= 4 is 0 Å². The molecule has 0 aromatic carbocycles. The van der Waals surface area contributed by atoms with E-state index in [1.807, 2.05) is 20.8 Å². The number of nitrogens with two attached hydrogens (primary N) is 1. The molecule has 92 valence electrons. The molecule has 0 bridgehead atoms. The number of aryl methyl sites for hydroxylation is 1. The van der Waals surface area contributed by atoms with E-state index in [0.717, 1.165) is 5.69 Å². The van der Waals surface area contributed by atoms with Crippen LogP contribution in [0.5, 0.6) is 0 Å². The molecule has 1 heterocycles. The molecule has 5 heteroatoms. The largest absolute Gasteiger partial charge is 0.395 e. The summed E-state index contributed by atoms with van der Waals surface area (Å²) in [6.07, 6.45) is 0.869. The molecule has 1 rings (SSSR count). The molecule has 0 aliphatic carbocycles. The number of rotatable bonds is 3. The predicted octanol–water partition coefficient (Wildman–Crippen LogP) is 0.0706. The van der Waals surface area contributed by atoms with Crippen molar-refractivity contribution in [1.82, 2.24) is 9.78 Å². The van der Waals surface area contributed by atoms with Gasteiger partial charge in [0.2, 0.25) is 0 Å². The van der Waals surface area contributed by atoms with Gasteiger partial charge in [-0.05, 0) is 0 Å². The Morgan fingerprint density at radius 1 is 1.50 bits per heavy atom. The number of nitrogens with zero attached hydrogens (tertiary/aromatic N) is 2. The van der Waals surface area contributed by atoms with Crippen LogP contribution in [-0.2, 0) is 12.5 Å². The first kappa shape index (κ1) is 13.2. The fourth-order valence-electron chi connectivity index (χ4n) is 1.64. The fourth-order valence-corrected chi connectivity index (χ4v) is 1.64. The molecule has 2 atom stereocenters. The number of aliphatic hydroxyl groups is 2. The lowest BCUT2D eigenvalue weighted by Gasteiger charge is -2.22. The second-order valence-electron chi connectivity index (χ2n) is 5.15. The molecule has 2 unspecified atom stereocenters. The first-order chi connectivity index (χ1) is 7.27. The zero-order valence-corrected chi connectivity index (χ0v) is 10.3. The summed E-state index contributed by atoms with van der Waals surface area (Å²) in [6.45, 7) is 5.82. The van der Waals surface area contributed by atoms with Gasteiger partial charge in [-0.15, -0.1) is 0 Å². The summed E-state index contributed by atoms with van der Waals surface area (Å²) in [4.78, 5) is 0. The zero-order valence-electron chi connectivity index (χ0n) is 10.3. The summed E-state index contributed by atoms with van der Waals surface area (Å²) in [5.74, 6) is 0. The van der Waals surface area contributed by atoms with Gasteiger partial charge in [-0.2, -0.15) is 5.10 Å². The van der Waals surface area contributed by atoms with Crippen molar-refractivity contribution in [3.05, 3.63) is 17.5 Å². The highest BCUT2D eigenvalue weighted by Crippen LogP contribution is 2.29. The second-order valence-corrected chi connectivity index (χ2v) is 5.15. The molecule has 16 heavy (non-hydrogen) atoms. The Bertz CT molecular complexity index is 355. The van der Waals surface area contributed by atoms with Crippen molar-refractivity contribution in [3.63, 3.8) is 0 Å². The van der Waals surface area contributed by atoms with Gasteiger partial charge in [0, 0.05) is 24.2 Å². The lowest BCUT2D eigenvalue weighted by atomic mass is 9.87. The van der Waals surface area contributed by atoms with Crippen LogP contribution in [0.2, 0.25) is 0 Å². The van der Waals surface area contributed by atoms with Gasteiger partial charge in [-0.25, -0.2) is 0 Å². The summed E-state index contributed by atoms with van der Waals surface area (Å²) >= 11 is 0. The van der Waals surface area contributed by atoms with Crippen molar-refractivity contribution in [2.24, 2.45) is 12.8 Å². The lowest BCUT2D eigenvalue weighted by Crippen LogP contribution is -2.33. The Balaban J connectivity index is 3.13. The third-order valence-electron chi connectivity index (χ3n) is 2.50.